The molecule has 0 fully saturated rings. The zero-order chi connectivity index (χ0) is 42.1. The van der Waals surface area contributed by atoms with Crippen molar-refractivity contribution in [3.8, 4) is 0 Å². The quantitative estimate of drug-likeness (QED) is 0.0262. The summed E-state index contributed by atoms with van der Waals surface area (Å²) >= 11 is 0. The predicted octanol–water partition coefficient (Wildman–Crippen LogP) is 11.5. The van der Waals surface area contributed by atoms with Crippen molar-refractivity contribution in [1.29, 1.82) is 0 Å². The number of rotatable bonds is 41. The number of quaternary nitrogens is 1. The van der Waals surface area contributed by atoms with E-state index < -0.39 is 18.1 Å². The fourth-order valence-electron chi connectivity index (χ4n) is 6.61. The fraction of sp³-hybridized carbons (Fsp3) is 0.776. The van der Waals surface area contributed by atoms with Crippen molar-refractivity contribution in [2.75, 3.05) is 41.0 Å². The van der Waals surface area contributed by atoms with E-state index >= 15 is 0 Å². The molecule has 0 heterocycles. The molecule has 2 atom stereocenters. The molecule has 0 rings (SSSR count). The van der Waals surface area contributed by atoms with Gasteiger partial charge in [-0.1, -0.05) is 152 Å². The molecule has 0 aliphatic heterocycles. The van der Waals surface area contributed by atoms with Gasteiger partial charge in [0.05, 0.1) is 40.3 Å². The fourth-order valence-corrected chi connectivity index (χ4v) is 6.61. The van der Waals surface area contributed by atoms with Crippen LogP contribution in [0.15, 0.2) is 48.6 Å². The molecule has 0 amide bonds. The molecule has 0 saturated heterocycles. The molecule has 0 aliphatic rings. The van der Waals surface area contributed by atoms with E-state index in [9.17, 15) is 19.5 Å². The van der Waals surface area contributed by atoms with Crippen LogP contribution in [-0.4, -0.2) is 75.5 Å². The summed E-state index contributed by atoms with van der Waals surface area (Å²) in [5.41, 5.74) is 0. The van der Waals surface area contributed by atoms with Crippen LogP contribution in [0.2, 0.25) is 0 Å². The van der Waals surface area contributed by atoms with Crippen molar-refractivity contribution < 1.29 is 38.2 Å². The summed E-state index contributed by atoms with van der Waals surface area (Å²) in [7, 11) is 5.40. The van der Waals surface area contributed by atoms with Crippen molar-refractivity contribution in [2.45, 2.75) is 206 Å². The first-order chi connectivity index (χ1) is 27.6. The maximum absolute atomic E-state index is 12.7. The van der Waals surface area contributed by atoms with Crippen LogP contribution < -0.4 is 5.11 Å². The Morgan fingerprint density at radius 2 is 0.982 bits per heavy atom. The van der Waals surface area contributed by atoms with Gasteiger partial charge in [0, 0.05) is 19.3 Å². The second-order valence-electron chi connectivity index (χ2n) is 16.6. The summed E-state index contributed by atoms with van der Waals surface area (Å²) in [4.78, 5) is 36.9. The predicted molar refractivity (Wildman–Crippen MR) is 236 cm³/mol. The molecule has 0 aliphatic carbocycles. The Bertz CT molecular complexity index is 1070. The first-order valence-corrected chi connectivity index (χ1v) is 23.2. The maximum Gasteiger partial charge on any atom is 0.306 e. The third-order valence-electron chi connectivity index (χ3n) is 10.2. The molecule has 0 spiro atoms. The number of carboxylic acid groups (broad SMARTS) is 1. The maximum atomic E-state index is 12.7. The first-order valence-electron chi connectivity index (χ1n) is 23.2. The summed E-state index contributed by atoms with van der Waals surface area (Å²) in [5, 5.41) is 11.6. The summed E-state index contributed by atoms with van der Waals surface area (Å²) in [6.45, 7) is 4.52. The third-order valence-corrected chi connectivity index (χ3v) is 10.2. The van der Waals surface area contributed by atoms with Crippen LogP contribution in [-0.2, 0) is 28.6 Å². The minimum atomic E-state index is -1.13. The van der Waals surface area contributed by atoms with Gasteiger partial charge in [0.1, 0.15) is 12.6 Å². The van der Waals surface area contributed by atoms with Crippen LogP contribution in [0.4, 0.5) is 0 Å². The Morgan fingerprint density at radius 1 is 0.544 bits per heavy atom. The van der Waals surface area contributed by atoms with Crippen molar-refractivity contribution >= 4 is 17.9 Å². The molecular weight excluding hydrogens is 715 g/mol. The highest BCUT2D eigenvalue weighted by molar-refractivity contribution is 5.70. The van der Waals surface area contributed by atoms with Gasteiger partial charge in [-0.3, -0.25) is 9.59 Å². The number of unbranched alkanes of at least 4 members (excludes halogenated alkanes) is 19. The molecule has 57 heavy (non-hydrogen) atoms. The Balaban J connectivity index is 4.24. The first kappa shape index (κ1) is 54.3. The van der Waals surface area contributed by atoms with Crippen molar-refractivity contribution in [3.05, 3.63) is 48.6 Å². The largest absolute Gasteiger partial charge is 0.544 e. The summed E-state index contributed by atoms with van der Waals surface area (Å²) < 4.78 is 17.2. The molecule has 8 heteroatoms. The number of ether oxygens (including phenoxy) is 3. The van der Waals surface area contributed by atoms with E-state index in [4.69, 9.17) is 14.2 Å². The van der Waals surface area contributed by atoms with Gasteiger partial charge in [-0.25, -0.2) is 0 Å². The van der Waals surface area contributed by atoms with Crippen LogP contribution in [0.25, 0.3) is 0 Å². The molecule has 0 aromatic rings. The van der Waals surface area contributed by atoms with E-state index in [2.05, 4.69) is 62.5 Å². The number of carboxylic acids is 1. The number of carbonyl (C=O) groups excluding carboxylic acids is 3. The summed E-state index contributed by atoms with van der Waals surface area (Å²) in [5.74, 6) is -1.75. The zero-order valence-corrected chi connectivity index (χ0v) is 37.5. The van der Waals surface area contributed by atoms with Gasteiger partial charge in [0.25, 0.3) is 0 Å². The van der Waals surface area contributed by atoms with Gasteiger partial charge >= 0.3 is 11.9 Å². The van der Waals surface area contributed by atoms with E-state index in [1.165, 1.54) is 89.9 Å². The Morgan fingerprint density at radius 3 is 1.47 bits per heavy atom. The molecule has 2 unspecified atom stereocenters. The number of allylic oxidation sites excluding steroid dienone is 8. The van der Waals surface area contributed by atoms with E-state index in [1.807, 2.05) is 0 Å². The molecule has 330 valence electrons. The molecule has 0 aromatic carbocycles. The molecule has 0 bridgehead atoms. The number of hydrogen-bond acceptors (Lipinski definition) is 7. The average molecular weight is 802 g/mol. The number of nitrogens with zero attached hydrogens (tertiary/aromatic N) is 1. The van der Waals surface area contributed by atoms with Gasteiger partial charge in [0.15, 0.2) is 6.10 Å². The second-order valence-corrected chi connectivity index (χ2v) is 16.6. The lowest BCUT2D eigenvalue weighted by Crippen LogP contribution is -2.55. The number of carbonyl (C=O) groups is 3. The standard InChI is InChI=1S/C49H87NO7/c1-6-8-10-12-14-16-18-20-21-22-23-24-25-26-27-28-30-31-33-35-37-39-47(51)56-44-45(43-55-42-41-46(49(53)54)50(3,4)5)57-48(52)40-38-36-34-32-29-19-17-15-13-11-9-7-2/h8,10,14-17,20-21,45-46H,6-7,9,11-13,18-19,22-44H2,1-5H3/b10-8+,16-14+,17-15+,21-20+. The summed E-state index contributed by atoms with van der Waals surface area (Å²) in [6.07, 6.45) is 47.1. The van der Waals surface area contributed by atoms with Crippen molar-refractivity contribution in [2.24, 2.45) is 0 Å². The highest BCUT2D eigenvalue weighted by atomic mass is 16.6. The minimum Gasteiger partial charge on any atom is -0.544 e. The molecule has 0 saturated carbocycles. The van der Waals surface area contributed by atoms with Crippen LogP contribution >= 0.6 is 0 Å². The number of hydrogen-bond donors (Lipinski definition) is 0. The van der Waals surface area contributed by atoms with Gasteiger partial charge in [-0.15, -0.1) is 0 Å². The minimum absolute atomic E-state index is 0.0368. The molecule has 0 aromatic heterocycles. The second kappa shape index (κ2) is 40.1. The van der Waals surface area contributed by atoms with Gasteiger partial charge < -0.3 is 28.6 Å². The average Bonchev–Trinajstić information content (AvgIpc) is 3.17. The third kappa shape index (κ3) is 38.6. The Kier molecular flexibility index (Phi) is 38.2. The zero-order valence-electron chi connectivity index (χ0n) is 37.5. The number of aliphatic carboxylic acids is 1. The van der Waals surface area contributed by atoms with Crippen LogP contribution in [0.1, 0.15) is 194 Å². The van der Waals surface area contributed by atoms with Gasteiger partial charge in [0.2, 0.25) is 0 Å². The topological polar surface area (TPSA) is 102 Å². The lowest BCUT2D eigenvalue weighted by molar-refractivity contribution is -0.889. The highest BCUT2D eigenvalue weighted by Crippen LogP contribution is 2.14. The Labute approximate surface area is 350 Å². The van der Waals surface area contributed by atoms with Gasteiger partial charge in [-0.2, -0.15) is 0 Å². The molecule has 8 nitrogen and oxygen atoms in total. The lowest BCUT2D eigenvalue weighted by Gasteiger charge is -2.34. The number of likely N-dealkylation sites (N-methyl/N-ethyl adjacent to an activating group) is 1. The highest BCUT2D eigenvalue weighted by Gasteiger charge is 2.25. The van der Waals surface area contributed by atoms with Crippen LogP contribution in [0, 0.1) is 0 Å². The monoisotopic (exact) mass is 802 g/mol. The van der Waals surface area contributed by atoms with Crippen molar-refractivity contribution in [3.63, 3.8) is 0 Å². The van der Waals surface area contributed by atoms with Crippen LogP contribution in [0.3, 0.4) is 0 Å². The molecule has 0 N–H and O–H groups in total. The Hall–Kier alpha value is -2.71. The SMILES string of the molecule is CC/C=C/C/C=C/C/C=C/CCCCCCCCCCCCCC(=O)OCC(COCCC(C(=O)[O-])[N+](C)(C)C)OC(=O)CCCCCCC/C=C/CCCCC. The molecular formula is C49H87NO7. The van der Waals surface area contributed by atoms with E-state index in [0.29, 0.717) is 12.8 Å². The molecule has 0 radical (unpaired) electrons. The summed E-state index contributed by atoms with van der Waals surface area (Å²) in [6, 6.07) is -0.727. The van der Waals surface area contributed by atoms with E-state index in [1.54, 1.807) is 21.1 Å². The van der Waals surface area contributed by atoms with E-state index in [0.717, 1.165) is 70.6 Å². The van der Waals surface area contributed by atoms with E-state index in [-0.39, 0.29) is 42.7 Å². The van der Waals surface area contributed by atoms with Crippen LogP contribution in [0.5, 0.6) is 0 Å². The smallest absolute Gasteiger partial charge is 0.306 e. The normalized spacial score (nSPS) is 13.4. The lowest BCUT2D eigenvalue weighted by atomic mass is 10.0. The van der Waals surface area contributed by atoms with Crippen molar-refractivity contribution in [1.82, 2.24) is 0 Å². The van der Waals surface area contributed by atoms with Gasteiger partial charge in [-0.05, 0) is 70.6 Å². The number of esters is 2.